The van der Waals surface area contributed by atoms with Gasteiger partial charge in [-0.25, -0.2) is 9.18 Å². The molecule has 0 aromatic heterocycles. The molecule has 3 nitrogen and oxygen atoms in total. The number of esters is 1. The number of rotatable bonds is 3. The van der Waals surface area contributed by atoms with Crippen LogP contribution in [0.15, 0.2) is 22.7 Å². The van der Waals surface area contributed by atoms with Crippen molar-refractivity contribution in [2.45, 2.75) is 12.5 Å². The molecular weight excluding hydrogens is 267 g/mol. The number of benzene rings is 1. The van der Waals surface area contributed by atoms with Crippen molar-refractivity contribution in [1.82, 2.24) is 0 Å². The SMILES string of the molecule is COC(=O)C(O)Cc1cc(F)ccc1Br. The summed E-state index contributed by atoms with van der Waals surface area (Å²) < 4.78 is 17.9. The van der Waals surface area contributed by atoms with Crippen molar-refractivity contribution < 1.29 is 19.0 Å². The Morgan fingerprint density at radius 3 is 2.93 bits per heavy atom. The van der Waals surface area contributed by atoms with Crippen LogP contribution in [-0.4, -0.2) is 24.3 Å². The summed E-state index contributed by atoms with van der Waals surface area (Å²) in [5, 5.41) is 9.37. The topological polar surface area (TPSA) is 46.5 Å². The lowest BCUT2D eigenvalue weighted by Gasteiger charge is -2.09. The first-order valence-corrected chi connectivity index (χ1v) is 5.03. The third kappa shape index (κ3) is 3.28. The van der Waals surface area contributed by atoms with E-state index in [1.54, 1.807) is 0 Å². The summed E-state index contributed by atoms with van der Waals surface area (Å²) in [7, 11) is 1.19. The molecule has 0 aliphatic heterocycles. The minimum atomic E-state index is -1.27. The molecule has 0 heterocycles. The summed E-state index contributed by atoms with van der Waals surface area (Å²) in [6, 6.07) is 4.07. The predicted molar refractivity (Wildman–Crippen MR) is 55.8 cm³/mol. The number of carbonyl (C=O) groups excluding carboxylic acids is 1. The van der Waals surface area contributed by atoms with Crippen molar-refractivity contribution in [3.63, 3.8) is 0 Å². The number of aliphatic hydroxyl groups excluding tert-OH is 1. The van der Waals surface area contributed by atoms with Gasteiger partial charge >= 0.3 is 5.97 Å². The fourth-order valence-electron chi connectivity index (χ4n) is 1.13. The van der Waals surface area contributed by atoms with Crippen LogP contribution >= 0.6 is 15.9 Å². The summed E-state index contributed by atoms with van der Waals surface area (Å²) in [5.74, 6) is -1.14. The van der Waals surface area contributed by atoms with Crippen LogP contribution in [0.4, 0.5) is 4.39 Å². The minimum Gasteiger partial charge on any atom is -0.467 e. The van der Waals surface area contributed by atoms with Gasteiger partial charge in [0, 0.05) is 10.9 Å². The molecule has 0 aliphatic rings. The Labute approximate surface area is 95.0 Å². The molecule has 1 aromatic rings. The summed E-state index contributed by atoms with van der Waals surface area (Å²) >= 11 is 3.20. The van der Waals surface area contributed by atoms with Crippen molar-refractivity contribution in [1.29, 1.82) is 0 Å². The van der Waals surface area contributed by atoms with Gasteiger partial charge in [-0.05, 0) is 23.8 Å². The van der Waals surface area contributed by atoms with Crippen LogP contribution < -0.4 is 0 Å². The second-order valence-corrected chi connectivity index (χ2v) is 3.83. The van der Waals surface area contributed by atoms with Crippen LogP contribution in [0.5, 0.6) is 0 Å². The maximum Gasteiger partial charge on any atom is 0.335 e. The number of methoxy groups -OCH3 is 1. The standard InChI is InChI=1S/C10H10BrFO3/c1-15-10(14)9(13)5-6-4-7(12)2-3-8(6)11/h2-4,9,13H,5H2,1H3. The van der Waals surface area contributed by atoms with Crippen molar-refractivity contribution in [2.75, 3.05) is 7.11 Å². The molecule has 82 valence electrons. The minimum absolute atomic E-state index is 0.0189. The van der Waals surface area contributed by atoms with E-state index in [9.17, 15) is 14.3 Å². The van der Waals surface area contributed by atoms with Gasteiger partial charge in [-0.1, -0.05) is 15.9 Å². The molecule has 0 bridgehead atoms. The Morgan fingerprint density at radius 1 is 1.67 bits per heavy atom. The van der Waals surface area contributed by atoms with Crippen LogP contribution in [0, 0.1) is 5.82 Å². The van der Waals surface area contributed by atoms with Crippen molar-refractivity contribution in [3.8, 4) is 0 Å². The van der Waals surface area contributed by atoms with E-state index in [1.165, 1.54) is 25.3 Å². The summed E-state index contributed by atoms with van der Waals surface area (Å²) in [6.45, 7) is 0. The van der Waals surface area contributed by atoms with Crippen molar-refractivity contribution in [2.24, 2.45) is 0 Å². The second-order valence-electron chi connectivity index (χ2n) is 2.98. The molecule has 0 aliphatic carbocycles. The maximum atomic E-state index is 12.9. The monoisotopic (exact) mass is 276 g/mol. The molecule has 1 rings (SSSR count). The normalized spacial score (nSPS) is 12.3. The molecule has 1 unspecified atom stereocenters. The van der Waals surface area contributed by atoms with Gasteiger partial charge < -0.3 is 9.84 Å². The van der Waals surface area contributed by atoms with E-state index >= 15 is 0 Å². The van der Waals surface area contributed by atoms with E-state index in [0.717, 1.165) is 0 Å². The van der Waals surface area contributed by atoms with Crippen molar-refractivity contribution in [3.05, 3.63) is 34.1 Å². The smallest absolute Gasteiger partial charge is 0.335 e. The Hall–Kier alpha value is -0.940. The Bertz CT molecular complexity index is 368. The fraction of sp³-hybridized carbons (Fsp3) is 0.300. The number of hydrogen-bond donors (Lipinski definition) is 1. The van der Waals surface area contributed by atoms with Crippen molar-refractivity contribution >= 4 is 21.9 Å². The molecule has 0 saturated heterocycles. The zero-order chi connectivity index (χ0) is 11.4. The molecule has 1 N–H and O–H groups in total. The average Bonchev–Trinajstić information content (AvgIpc) is 2.22. The zero-order valence-corrected chi connectivity index (χ0v) is 9.62. The van der Waals surface area contributed by atoms with Gasteiger partial charge in [0.05, 0.1) is 7.11 Å². The van der Waals surface area contributed by atoms with Crippen LogP contribution in [0.2, 0.25) is 0 Å². The lowest BCUT2D eigenvalue weighted by Crippen LogP contribution is -2.24. The summed E-state index contributed by atoms with van der Waals surface area (Å²) in [6.07, 6.45) is -1.25. The molecular formula is C10H10BrFO3. The first kappa shape index (κ1) is 12.1. The second kappa shape index (κ2) is 5.23. The highest BCUT2D eigenvalue weighted by Gasteiger charge is 2.17. The number of hydrogen-bond acceptors (Lipinski definition) is 3. The predicted octanol–water partition coefficient (Wildman–Crippen LogP) is 1.66. The largest absolute Gasteiger partial charge is 0.467 e. The highest BCUT2D eigenvalue weighted by Crippen LogP contribution is 2.19. The molecule has 0 saturated carbocycles. The third-order valence-corrected chi connectivity index (χ3v) is 2.67. The van der Waals surface area contributed by atoms with E-state index in [1.807, 2.05) is 0 Å². The number of carbonyl (C=O) groups is 1. The molecule has 0 radical (unpaired) electrons. The third-order valence-electron chi connectivity index (χ3n) is 1.89. The Morgan fingerprint density at radius 2 is 2.33 bits per heavy atom. The number of ether oxygens (including phenoxy) is 1. The first-order valence-electron chi connectivity index (χ1n) is 4.24. The van der Waals surface area contributed by atoms with E-state index in [0.29, 0.717) is 10.0 Å². The van der Waals surface area contributed by atoms with E-state index in [-0.39, 0.29) is 6.42 Å². The van der Waals surface area contributed by atoms with Gasteiger partial charge in [0.25, 0.3) is 0 Å². The summed E-state index contributed by atoms with van der Waals surface area (Å²) in [4.78, 5) is 10.9. The highest BCUT2D eigenvalue weighted by atomic mass is 79.9. The average molecular weight is 277 g/mol. The van der Waals surface area contributed by atoms with Gasteiger partial charge in [0.15, 0.2) is 6.10 Å². The molecule has 15 heavy (non-hydrogen) atoms. The highest BCUT2D eigenvalue weighted by molar-refractivity contribution is 9.10. The van der Waals surface area contributed by atoms with Crippen LogP contribution in [0.1, 0.15) is 5.56 Å². The lowest BCUT2D eigenvalue weighted by atomic mass is 10.1. The van der Waals surface area contributed by atoms with Crippen LogP contribution in [0.3, 0.4) is 0 Å². The fourth-order valence-corrected chi connectivity index (χ4v) is 1.54. The van der Waals surface area contributed by atoms with Gasteiger partial charge in [-0.15, -0.1) is 0 Å². The Kier molecular flexibility index (Phi) is 4.23. The Balaban J connectivity index is 2.80. The summed E-state index contributed by atoms with van der Waals surface area (Å²) in [5.41, 5.74) is 0.521. The molecule has 0 amide bonds. The number of halogens is 2. The van der Waals surface area contributed by atoms with E-state index in [4.69, 9.17) is 0 Å². The van der Waals surface area contributed by atoms with Gasteiger partial charge in [0.2, 0.25) is 0 Å². The van der Waals surface area contributed by atoms with Crippen LogP contribution in [-0.2, 0) is 16.0 Å². The lowest BCUT2D eigenvalue weighted by molar-refractivity contribution is -0.150. The van der Waals surface area contributed by atoms with E-state index < -0.39 is 17.9 Å². The molecule has 1 atom stereocenters. The first-order chi connectivity index (χ1) is 7.04. The van der Waals surface area contributed by atoms with E-state index in [2.05, 4.69) is 20.7 Å². The van der Waals surface area contributed by atoms with Gasteiger partial charge in [-0.3, -0.25) is 0 Å². The molecule has 1 aromatic carbocycles. The molecule has 0 spiro atoms. The van der Waals surface area contributed by atoms with Gasteiger partial charge in [0.1, 0.15) is 5.82 Å². The maximum absolute atomic E-state index is 12.9. The quantitative estimate of drug-likeness (QED) is 0.855. The molecule has 5 heteroatoms. The molecule has 0 fully saturated rings. The van der Waals surface area contributed by atoms with Crippen LogP contribution in [0.25, 0.3) is 0 Å². The zero-order valence-electron chi connectivity index (χ0n) is 8.04. The van der Waals surface area contributed by atoms with Gasteiger partial charge in [-0.2, -0.15) is 0 Å². The number of aliphatic hydroxyl groups is 1.